The van der Waals surface area contributed by atoms with Crippen LogP contribution in [0.3, 0.4) is 0 Å². The zero-order chi connectivity index (χ0) is 25.4. The van der Waals surface area contributed by atoms with E-state index in [2.05, 4.69) is 0 Å². The molecule has 0 N–H and O–H groups in total. The van der Waals surface area contributed by atoms with Crippen LogP contribution in [0.5, 0.6) is 0 Å². The van der Waals surface area contributed by atoms with Crippen LogP contribution in [0.2, 0.25) is 0 Å². The Labute approximate surface area is 196 Å². The highest BCUT2D eigenvalue weighted by Crippen LogP contribution is 2.35. The molecule has 1 aromatic rings. The molecular formula is C23H28O11. The van der Waals surface area contributed by atoms with Gasteiger partial charge in [0.1, 0.15) is 6.10 Å². The molecule has 0 aromatic heterocycles. The van der Waals surface area contributed by atoms with Crippen molar-refractivity contribution >= 4 is 29.8 Å². The maximum atomic E-state index is 12.0. The molecule has 1 aromatic carbocycles. The van der Waals surface area contributed by atoms with Crippen molar-refractivity contribution in [2.24, 2.45) is 0 Å². The SMILES string of the molecule is CC(=O)OC1[C@@H](OC(C)=O)[C@H](OC(C)=O)C(OCc2ccccc2)[C@@H](OC(C)=O)[C@H]1OC(C)=O. The van der Waals surface area contributed by atoms with E-state index in [1.54, 1.807) is 24.3 Å². The summed E-state index contributed by atoms with van der Waals surface area (Å²) in [5, 5.41) is 0. The van der Waals surface area contributed by atoms with Crippen molar-refractivity contribution in [2.45, 2.75) is 77.8 Å². The number of benzene rings is 1. The Hall–Kier alpha value is -3.47. The molecule has 0 radical (unpaired) electrons. The van der Waals surface area contributed by atoms with Crippen LogP contribution in [0.25, 0.3) is 0 Å². The van der Waals surface area contributed by atoms with Crippen LogP contribution in [0.15, 0.2) is 30.3 Å². The molecule has 0 spiro atoms. The molecule has 0 bridgehead atoms. The van der Waals surface area contributed by atoms with Crippen molar-refractivity contribution in [3.05, 3.63) is 35.9 Å². The fourth-order valence-electron chi connectivity index (χ4n) is 3.71. The lowest BCUT2D eigenvalue weighted by Gasteiger charge is -2.47. The Morgan fingerprint density at radius 1 is 0.529 bits per heavy atom. The molecular weight excluding hydrogens is 452 g/mol. The van der Waals surface area contributed by atoms with E-state index in [1.165, 1.54) is 0 Å². The highest BCUT2D eigenvalue weighted by Gasteiger charge is 2.59. The predicted molar refractivity (Wildman–Crippen MR) is 113 cm³/mol. The van der Waals surface area contributed by atoms with Gasteiger partial charge in [0.05, 0.1) is 6.61 Å². The first-order chi connectivity index (χ1) is 16.0. The summed E-state index contributed by atoms with van der Waals surface area (Å²) in [4.78, 5) is 59.6. The van der Waals surface area contributed by atoms with Crippen LogP contribution in [0.4, 0.5) is 0 Å². The van der Waals surface area contributed by atoms with Gasteiger partial charge in [-0.1, -0.05) is 30.3 Å². The van der Waals surface area contributed by atoms with Crippen LogP contribution >= 0.6 is 0 Å². The summed E-state index contributed by atoms with van der Waals surface area (Å²) in [5.41, 5.74) is 0.737. The lowest BCUT2D eigenvalue weighted by molar-refractivity contribution is -0.264. The van der Waals surface area contributed by atoms with E-state index in [-0.39, 0.29) is 6.61 Å². The average molecular weight is 480 g/mol. The average Bonchev–Trinajstić information content (AvgIpc) is 2.72. The molecule has 1 fully saturated rings. The van der Waals surface area contributed by atoms with Gasteiger partial charge in [0, 0.05) is 34.6 Å². The molecule has 1 aliphatic rings. The van der Waals surface area contributed by atoms with Gasteiger partial charge in [0.25, 0.3) is 0 Å². The molecule has 2 unspecified atom stereocenters. The summed E-state index contributed by atoms with van der Waals surface area (Å²) in [5.74, 6) is -3.89. The molecule has 2 rings (SSSR count). The first-order valence-electron chi connectivity index (χ1n) is 10.5. The minimum absolute atomic E-state index is 0.0150. The lowest BCUT2D eigenvalue weighted by atomic mass is 9.83. The third kappa shape index (κ3) is 7.55. The van der Waals surface area contributed by atoms with Crippen LogP contribution in [0.1, 0.15) is 40.2 Å². The van der Waals surface area contributed by atoms with Gasteiger partial charge < -0.3 is 28.4 Å². The largest absolute Gasteiger partial charge is 0.455 e. The van der Waals surface area contributed by atoms with E-state index in [1.807, 2.05) is 6.07 Å². The van der Waals surface area contributed by atoms with Gasteiger partial charge >= 0.3 is 29.8 Å². The molecule has 0 amide bonds. The highest BCUT2D eigenvalue weighted by molar-refractivity contribution is 5.70. The van der Waals surface area contributed by atoms with Crippen molar-refractivity contribution in [2.75, 3.05) is 0 Å². The Bertz CT molecular complexity index is 853. The first kappa shape index (κ1) is 26.8. The fourth-order valence-corrected chi connectivity index (χ4v) is 3.71. The quantitative estimate of drug-likeness (QED) is 0.392. The van der Waals surface area contributed by atoms with Crippen LogP contribution in [-0.4, -0.2) is 66.5 Å². The lowest BCUT2D eigenvalue weighted by Crippen LogP contribution is -2.68. The van der Waals surface area contributed by atoms with Gasteiger partial charge in [-0.25, -0.2) is 0 Å². The molecule has 1 saturated carbocycles. The standard InChI is InChI=1S/C23H28O11/c1-12(24)30-19-18(29-11-17-9-7-6-8-10-17)20(31-13(2)25)22(33-15(4)27)23(34-16(5)28)21(19)32-14(3)26/h6-10,18-23H,11H2,1-5H3/t18?,19-,20-,21-,22+,23?/m1/s1. The minimum atomic E-state index is -1.46. The molecule has 186 valence electrons. The predicted octanol–water partition coefficient (Wildman–Crippen LogP) is 1.24. The van der Waals surface area contributed by atoms with Gasteiger partial charge in [-0.15, -0.1) is 0 Å². The molecule has 0 saturated heterocycles. The summed E-state index contributed by atoms with van der Waals surface area (Å²) >= 11 is 0. The van der Waals surface area contributed by atoms with Gasteiger partial charge in [-0.2, -0.15) is 0 Å². The van der Waals surface area contributed by atoms with Crippen molar-refractivity contribution in [3.63, 3.8) is 0 Å². The normalized spacial score (nSPS) is 26.0. The maximum Gasteiger partial charge on any atom is 0.303 e. The van der Waals surface area contributed by atoms with E-state index in [0.717, 1.165) is 40.2 Å². The van der Waals surface area contributed by atoms with Gasteiger partial charge in [0.2, 0.25) is 0 Å². The molecule has 11 nitrogen and oxygen atoms in total. The van der Waals surface area contributed by atoms with E-state index < -0.39 is 66.5 Å². The van der Waals surface area contributed by atoms with E-state index in [0.29, 0.717) is 0 Å². The minimum Gasteiger partial charge on any atom is -0.455 e. The third-order valence-corrected chi connectivity index (χ3v) is 4.74. The second-order valence-corrected chi connectivity index (χ2v) is 7.63. The number of hydrogen-bond donors (Lipinski definition) is 0. The Balaban J connectivity index is 2.60. The Morgan fingerprint density at radius 2 is 0.824 bits per heavy atom. The maximum absolute atomic E-state index is 12.0. The second kappa shape index (κ2) is 12.1. The van der Waals surface area contributed by atoms with Gasteiger partial charge in [-0.05, 0) is 5.56 Å². The van der Waals surface area contributed by atoms with Gasteiger partial charge in [0.15, 0.2) is 30.5 Å². The zero-order valence-electron chi connectivity index (χ0n) is 19.5. The van der Waals surface area contributed by atoms with Crippen molar-refractivity contribution < 1.29 is 52.4 Å². The molecule has 0 heterocycles. The van der Waals surface area contributed by atoms with E-state index in [9.17, 15) is 24.0 Å². The number of hydrogen-bond acceptors (Lipinski definition) is 11. The summed E-state index contributed by atoms with van der Waals surface area (Å²) in [6.07, 6.45) is -8.32. The molecule has 1 aliphatic carbocycles. The topological polar surface area (TPSA) is 141 Å². The Kier molecular flexibility index (Phi) is 9.55. The number of esters is 5. The summed E-state index contributed by atoms with van der Waals surface area (Å²) in [6, 6.07) is 8.93. The summed E-state index contributed by atoms with van der Waals surface area (Å²) in [7, 11) is 0. The van der Waals surface area contributed by atoms with Crippen molar-refractivity contribution in [1.82, 2.24) is 0 Å². The smallest absolute Gasteiger partial charge is 0.303 e. The molecule has 0 aliphatic heterocycles. The van der Waals surface area contributed by atoms with Crippen molar-refractivity contribution in [3.8, 4) is 0 Å². The monoisotopic (exact) mass is 480 g/mol. The van der Waals surface area contributed by atoms with E-state index in [4.69, 9.17) is 28.4 Å². The summed E-state index contributed by atoms with van der Waals surface area (Å²) < 4.78 is 32.9. The molecule has 6 atom stereocenters. The fraction of sp³-hybridized carbons (Fsp3) is 0.522. The summed E-state index contributed by atoms with van der Waals surface area (Å²) in [6.45, 7) is 5.54. The van der Waals surface area contributed by atoms with Crippen LogP contribution < -0.4 is 0 Å². The number of carbonyl (C=O) groups is 5. The number of rotatable bonds is 8. The highest BCUT2D eigenvalue weighted by atomic mass is 16.7. The number of carbonyl (C=O) groups excluding carboxylic acids is 5. The Morgan fingerprint density at radius 3 is 1.12 bits per heavy atom. The first-order valence-corrected chi connectivity index (χ1v) is 10.5. The molecule has 34 heavy (non-hydrogen) atoms. The van der Waals surface area contributed by atoms with Gasteiger partial charge in [-0.3, -0.25) is 24.0 Å². The molecule has 11 heteroatoms. The second-order valence-electron chi connectivity index (χ2n) is 7.63. The van der Waals surface area contributed by atoms with E-state index >= 15 is 0 Å². The number of ether oxygens (including phenoxy) is 6. The van der Waals surface area contributed by atoms with Crippen LogP contribution in [0, 0.1) is 0 Å². The van der Waals surface area contributed by atoms with Crippen molar-refractivity contribution in [1.29, 1.82) is 0 Å². The van der Waals surface area contributed by atoms with Crippen LogP contribution in [-0.2, 0) is 59.0 Å². The third-order valence-electron chi connectivity index (χ3n) is 4.74. The zero-order valence-corrected chi connectivity index (χ0v) is 19.5.